The van der Waals surface area contributed by atoms with Crippen LogP contribution in [0.25, 0.3) is 0 Å². The standard InChI is InChI=1S/C16H24N6O4S2.C10H15N3O3S.C8H13N3O2.2CH4.4ClH.2H2O/c1-21(2)11(15(23)24)5-9-13(19-7-17-9)27-28-14-10(18-8-20-14)6-12(16(25)26)22(3)4;1-6(14)17-9-7(11-5-12-9)4-8(10(15)16)13(2)3;1-11(2)7(8(12)13)3-6-4-9-5-10-6;;;;;;;;/h7-8,11-12H,5-6H2,1-4H3,(H,17,19)(H,18,20)(H,23,24)(H,25,26);5,8H,4H2,1-3H3,(H,11,12)(H,15,16);4-5,7H,3H2,1-2H3,(H,9,10)(H,12,13);2*1H4;4*1H;2*1H2/t11-,12-;8-;7-;;;;;;;;/m000......../s1. The average molecular weight is 1080 g/mol. The number of likely N-dealkylation sites (N-methyl/N-ethyl adjacent to an activating group) is 4. The van der Waals surface area contributed by atoms with Crippen molar-refractivity contribution >= 4 is 112 Å². The number of aromatic amines is 4. The number of halogens is 4. The Morgan fingerprint density at radius 2 is 0.803 bits per heavy atom. The van der Waals surface area contributed by atoms with Crippen molar-refractivity contribution in [2.24, 2.45) is 0 Å². The lowest BCUT2D eigenvalue weighted by Gasteiger charge is -2.19. The van der Waals surface area contributed by atoms with Gasteiger partial charge in [-0.1, -0.05) is 14.9 Å². The van der Waals surface area contributed by atoms with E-state index in [9.17, 15) is 34.2 Å². The molecule has 4 heterocycles. The van der Waals surface area contributed by atoms with Crippen LogP contribution in [0.4, 0.5) is 0 Å². The third-order valence-corrected chi connectivity index (χ3v) is 11.4. The fraction of sp³-hybridized carbons (Fsp3) is 0.528. The number of imidazole rings is 4. The lowest BCUT2D eigenvalue weighted by atomic mass is 10.1. The summed E-state index contributed by atoms with van der Waals surface area (Å²) in [6.07, 6.45) is 9.04. The highest BCUT2D eigenvalue weighted by atomic mass is 35.5. The molecule has 0 saturated heterocycles. The predicted molar refractivity (Wildman–Crippen MR) is 268 cm³/mol. The van der Waals surface area contributed by atoms with Crippen molar-refractivity contribution in [3.63, 3.8) is 0 Å². The molecule has 66 heavy (non-hydrogen) atoms. The van der Waals surface area contributed by atoms with E-state index in [4.69, 9.17) is 10.2 Å². The number of hydrogen-bond acceptors (Lipinski definition) is 16. The Labute approximate surface area is 421 Å². The number of aromatic nitrogens is 8. The minimum Gasteiger partial charge on any atom is -0.480 e. The molecule has 0 unspecified atom stereocenters. The molecule has 0 spiro atoms. The van der Waals surface area contributed by atoms with Crippen molar-refractivity contribution in [1.29, 1.82) is 0 Å². The van der Waals surface area contributed by atoms with Gasteiger partial charge in [0.1, 0.15) is 39.2 Å². The lowest BCUT2D eigenvalue weighted by molar-refractivity contribution is -0.143. The summed E-state index contributed by atoms with van der Waals surface area (Å²) in [5, 5.41) is 38.5. The van der Waals surface area contributed by atoms with Gasteiger partial charge in [-0.3, -0.25) is 43.6 Å². The molecule has 4 rings (SSSR count). The second-order valence-electron chi connectivity index (χ2n) is 13.5. The van der Waals surface area contributed by atoms with E-state index in [2.05, 4.69) is 39.9 Å². The smallest absolute Gasteiger partial charge is 0.321 e. The van der Waals surface area contributed by atoms with Crippen LogP contribution in [-0.2, 0) is 49.7 Å². The number of carboxylic acid groups (broad SMARTS) is 4. The third kappa shape index (κ3) is 26.0. The first-order valence-electron chi connectivity index (χ1n) is 17.4. The van der Waals surface area contributed by atoms with Gasteiger partial charge in [-0.2, -0.15) is 0 Å². The zero-order valence-corrected chi connectivity index (χ0v) is 42.0. The Balaban J connectivity index is -0.000000160. The fourth-order valence-corrected chi connectivity index (χ4v) is 7.77. The van der Waals surface area contributed by atoms with E-state index in [1.54, 1.807) is 88.5 Å². The Morgan fingerprint density at radius 1 is 0.515 bits per heavy atom. The van der Waals surface area contributed by atoms with E-state index in [1.807, 2.05) is 0 Å². The van der Waals surface area contributed by atoms with Crippen LogP contribution in [0.3, 0.4) is 0 Å². The molecule has 0 fully saturated rings. The molecule has 30 heteroatoms. The Hall–Kier alpha value is -3.64. The SMILES string of the molecule is C.C.CC(=O)Sc1nc[nH]c1C[C@@H](C(=O)O)N(C)C.CN(C)[C@@H](Cc1[nH]cnc1SSc1nc[nH]c1C[C@@H](C(=O)O)N(C)C)C(=O)O.CN(C)[C@@H](Cc1cnc[nH]1)C(=O)O.Cl.Cl.Cl.Cl.O.O. The number of carbonyl (C=O) groups is 5. The number of carbonyl (C=O) groups excluding carboxylic acids is 1. The molecule has 12 N–H and O–H groups in total. The zero-order chi connectivity index (χ0) is 43.7. The third-order valence-electron chi connectivity index (χ3n) is 8.27. The van der Waals surface area contributed by atoms with E-state index < -0.39 is 48.0 Å². The highest BCUT2D eigenvalue weighted by Gasteiger charge is 2.26. The number of thioether (sulfide) groups is 1. The number of rotatable bonds is 20. The Kier molecular flexibility index (Phi) is 44.5. The molecule has 0 bridgehead atoms. The lowest BCUT2D eigenvalue weighted by Crippen LogP contribution is -2.37. The maximum Gasteiger partial charge on any atom is 0.321 e. The number of nitrogens with one attached hydrogen (secondary N) is 4. The van der Waals surface area contributed by atoms with Crippen LogP contribution < -0.4 is 0 Å². The maximum atomic E-state index is 11.4. The molecular weight excluding hydrogens is 1010 g/mol. The summed E-state index contributed by atoms with van der Waals surface area (Å²) in [7, 11) is 16.5. The van der Waals surface area contributed by atoms with Crippen LogP contribution in [0.15, 0.2) is 46.6 Å². The molecule has 0 saturated carbocycles. The van der Waals surface area contributed by atoms with Crippen molar-refractivity contribution in [2.45, 2.75) is 86.7 Å². The van der Waals surface area contributed by atoms with Gasteiger partial charge >= 0.3 is 23.9 Å². The first-order chi connectivity index (χ1) is 27.2. The highest BCUT2D eigenvalue weighted by molar-refractivity contribution is 8.76. The molecule has 0 amide bonds. The molecule has 0 aliphatic rings. The number of aliphatic carboxylic acids is 4. The van der Waals surface area contributed by atoms with Gasteiger partial charge in [0.15, 0.2) is 5.12 Å². The molecule has 0 radical (unpaired) electrons. The van der Waals surface area contributed by atoms with Gasteiger partial charge in [-0.25, -0.2) is 19.9 Å². The minimum atomic E-state index is -0.902. The summed E-state index contributed by atoms with van der Waals surface area (Å²) in [6.45, 7) is 1.45. The van der Waals surface area contributed by atoms with Crippen molar-refractivity contribution in [3.8, 4) is 0 Å². The van der Waals surface area contributed by atoms with Crippen molar-refractivity contribution in [1.82, 2.24) is 59.5 Å². The summed E-state index contributed by atoms with van der Waals surface area (Å²) in [5.41, 5.74) is 2.96. The quantitative estimate of drug-likeness (QED) is 0.0466. The maximum absolute atomic E-state index is 11.4. The van der Waals surface area contributed by atoms with Crippen molar-refractivity contribution < 1.29 is 55.4 Å². The summed E-state index contributed by atoms with van der Waals surface area (Å²) in [6, 6.07) is -2.47. The summed E-state index contributed by atoms with van der Waals surface area (Å²) < 4.78 is 0. The number of carboxylic acids is 4. The van der Waals surface area contributed by atoms with Gasteiger partial charge in [-0.15, -0.1) is 49.6 Å². The van der Waals surface area contributed by atoms with Gasteiger partial charge in [0.2, 0.25) is 0 Å². The summed E-state index contributed by atoms with van der Waals surface area (Å²) in [4.78, 5) is 90.4. The normalized spacial score (nSPS) is 11.7. The number of H-pyrrole nitrogens is 4. The van der Waals surface area contributed by atoms with Crippen molar-refractivity contribution in [3.05, 3.63) is 54.3 Å². The first-order valence-corrected chi connectivity index (χ1v) is 20.3. The van der Waals surface area contributed by atoms with Gasteiger partial charge in [0.25, 0.3) is 0 Å². The van der Waals surface area contributed by atoms with Crippen LogP contribution in [-0.4, -0.2) is 200 Å². The molecule has 4 aromatic heterocycles. The zero-order valence-electron chi connectivity index (χ0n) is 36.3. The number of nitrogens with zero attached hydrogens (tertiary/aromatic N) is 8. The predicted octanol–water partition coefficient (Wildman–Crippen LogP) is 2.93. The Morgan fingerprint density at radius 3 is 1.06 bits per heavy atom. The van der Waals surface area contributed by atoms with Crippen LogP contribution in [0.1, 0.15) is 44.6 Å². The minimum absolute atomic E-state index is 0. The van der Waals surface area contributed by atoms with E-state index in [-0.39, 0.29) is 87.0 Å². The van der Waals surface area contributed by atoms with Gasteiger partial charge < -0.3 is 51.3 Å². The topological polar surface area (TPSA) is 357 Å². The van der Waals surface area contributed by atoms with E-state index in [0.29, 0.717) is 40.0 Å². The summed E-state index contributed by atoms with van der Waals surface area (Å²) in [5.74, 6) is -3.52. The summed E-state index contributed by atoms with van der Waals surface area (Å²) >= 11 is 1.00. The van der Waals surface area contributed by atoms with Crippen molar-refractivity contribution in [2.75, 3.05) is 56.4 Å². The number of hydrogen-bond donors (Lipinski definition) is 8. The molecular formula is C36H68Cl4N12O11S3. The van der Waals surface area contributed by atoms with Crippen LogP contribution >= 0.6 is 83.0 Å². The second-order valence-corrected chi connectivity index (χ2v) is 16.8. The molecule has 4 atom stereocenters. The van der Waals surface area contributed by atoms with Crippen LogP contribution in [0, 0.1) is 0 Å². The molecule has 0 aliphatic heterocycles. The van der Waals surface area contributed by atoms with Crippen LogP contribution in [0.5, 0.6) is 0 Å². The van der Waals surface area contributed by atoms with Gasteiger partial charge in [0, 0.05) is 44.5 Å². The molecule has 23 nitrogen and oxygen atoms in total. The molecule has 384 valence electrons. The van der Waals surface area contributed by atoms with Gasteiger partial charge in [0.05, 0.1) is 42.4 Å². The molecule has 0 aromatic carbocycles. The Bertz CT molecular complexity index is 1860. The van der Waals surface area contributed by atoms with Gasteiger partial charge in [-0.05, 0) is 89.7 Å². The fourth-order valence-electron chi connectivity index (χ4n) is 4.96. The van der Waals surface area contributed by atoms with E-state index in [1.165, 1.54) is 47.5 Å². The second kappa shape index (κ2) is 38.3. The largest absolute Gasteiger partial charge is 0.480 e. The monoisotopic (exact) mass is 1080 g/mol. The first kappa shape index (κ1) is 76.6. The molecule has 4 aromatic rings. The van der Waals surface area contributed by atoms with E-state index in [0.717, 1.165) is 28.8 Å². The van der Waals surface area contributed by atoms with E-state index >= 15 is 0 Å². The molecule has 0 aliphatic carbocycles. The average Bonchev–Trinajstić information content (AvgIpc) is 3.95. The van der Waals surface area contributed by atoms with Crippen LogP contribution in [0.2, 0.25) is 0 Å². The highest BCUT2D eigenvalue weighted by Crippen LogP contribution is 2.38.